The maximum atomic E-state index is 5.26. The highest BCUT2D eigenvalue weighted by molar-refractivity contribution is 5.81. The number of nitrogens with zero attached hydrogens (tertiary/aromatic N) is 1. The minimum absolute atomic E-state index is 0.967. The van der Waals surface area contributed by atoms with Gasteiger partial charge in [0.25, 0.3) is 0 Å². The molecule has 2 heteroatoms. The van der Waals surface area contributed by atoms with Gasteiger partial charge in [0.05, 0.1) is 0 Å². The van der Waals surface area contributed by atoms with Crippen LogP contribution in [0.25, 0.3) is 10.9 Å². The third-order valence-electron chi connectivity index (χ3n) is 2.18. The fourth-order valence-corrected chi connectivity index (χ4v) is 1.51. The van der Waals surface area contributed by atoms with Crippen molar-refractivity contribution in [1.82, 2.24) is 5.16 Å². The van der Waals surface area contributed by atoms with Gasteiger partial charge in [-0.2, -0.15) is 0 Å². The van der Waals surface area contributed by atoms with Gasteiger partial charge in [-0.15, -0.1) is 0 Å². The zero-order chi connectivity index (χ0) is 9.26. The summed E-state index contributed by atoms with van der Waals surface area (Å²) in [5, 5.41) is 5.17. The van der Waals surface area contributed by atoms with Crippen LogP contribution >= 0.6 is 0 Å². The van der Waals surface area contributed by atoms with Gasteiger partial charge in [-0.3, -0.25) is 0 Å². The normalized spacial score (nSPS) is 10.9. The first-order valence-corrected chi connectivity index (χ1v) is 4.66. The molecule has 1 aromatic carbocycles. The fourth-order valence-electron chi connectivity index (χ4n) is 1.51. The minimum atomic E-state index is 0.967. The molecule has 0 saturated heterocycles. The third-order valence-corrected chi connectivity index (χ3v) is 2.18. The molecule has 2 aromatic rings. The standard InChI is InChI=1S/C11H13NO/c1-3-4-11-9-7-8(2)5-6-10(9)12-13-11/h5-7H,3-4H2,1-2H3. The average Bonchev–Trinajstić information content (AvgIpc) is 2.49. The lowest BCUT2D eigenvalue weighted by Gasteiger charge is -1.93. The van der Waals surface area contributed by atoms with Crippen molar-refractivity contribution in [2.24, 2.45) is 0 Å². The summed E-state index contributed by atoms with van der Waals surface area (Å²) in [4.78, 5) is 0. The molecule has 0 aliphatic rings. The number of hydrogen-bond acceptors (Lipinski definition) is 2. The molecular formula is C11H13NO. The Labute approximate surface area is 77.5 Å². The van der Waals surface area contributed by atoms with Crippen LogP contribution in [-0.4, -0.2) is 5.16 Å². The van der Waals surface area contributed by atoms with Gasteiger partial charge in [0.2, 0.25) is 0 Å². The summed E-state index contributed by atoms with van der Waals surface area (Å²) < 4.78 is 5.26. The highest BCUT2D eigenvalue weighted by Crippen LogP contribution is 2.20. The van der Waals surface area contributed by atoms with Crippen molar-refractivity contribution in [1.29, 1.82) is 0 Å². The molecule has 1 aromatic heterocycles. The van der Waals surface area contributed by atoms with E-state index in [-0.39, 0.29) is 0 Å². The minimum Gasteiger partial charge on any atom is -0.360 e. The van der Waals surface area contributed by atoms with Crippen LogP contribution in [0.5, 0.6) is 0 Å². The van der Waals surface area contributed by atoms with Crippen LogP contribution in [0.2, 0.25) is 0 Å². The predicted molar refractivity (Wildman–Crippen MR) is 52.7 cm³/mol. The fraction of sp³-hybridized carbons (Fsp3) is 0.364. The highest BCUT2D eigenvalue weighted by atomic mass is 16.5. The number of fused-ring (bicyclic) bond motifs is 1. The van der Waals surface area contributed by atoms with Gasteiger partial charge in [-0.25, -0.2) is 0 Å². The zero-order valence-electron chi connectivity index (χ0n) is 8.00. The molecule has 2 rings (SSSR count). The van der Waals surface area contributed by atoms with E-state index in [9.17, 15) is 0 Å². The lowest BCUT2D eigenvalue weighted by atomic mass is 10.1. The van der Waals surface area contributed by atoms with Crippen molar-refractivity contribution >= 4 is 10.9 Å². The molecule has 0 amide bonds. The summed E-state index contributed by atoms with van der Waals surface area (Å²) in [7, 11) is 0. The Balaban J connectivity index is 2.58. The van der Waals surface area contributed by atoms with Crippen molar-refractivity contribution in [2.45, 2.75) is 26.7 Å². The molecule has 0 saturated carbocycles. The number of rotatable bonds is 2. The van der Waals surface area contributed by atoms with Gasteiger partial charge in [0, 0.05) is 11.8 Å². The summed E-state index contributed by atoms with van der Waals surface area (Å²) in [5.41, 5.74) is 2.22. The Kier molecular flexibility index (Phi) is 2.05. The first-order chi connectivity index (χ1) is 6.31. The van der Waals surface area contributed by atoms with Crippen molar-refractivity contribution in [3.8, 4) is 0 Å². The molecule has 13 heavy (non-hydrogen) atoms. The van der Waals surface area contributed by atoms with Crippen LogP contribution in [0.4, 0.5) is 0 Å². The van der Waals surface area contributed by atoms with Crippen LogP contribution in [0.1, 0.15) is 24.7 Å². The van der Waals surface area contributed by atoms with Gasteiger partial charge < -0.3 is 4.52 Å². The first-order valence-electron chi connectivity index (χ1n) is 4.66. The molecular weight excluding hydrogens is 162 g/mol. The molecule has 0 radical (unpaired) electrons. The topological polar surface area (TPSA) is 26.0 Å². The lowest BCUT2D eigenvalue weighted by Crippen LogP contribution is -1.79. The predicted octanol–water partition coefficient (Wildman–Crippen LogP) is 3.09. The van der Waals surface area contributed by atoms with E-state index >= 15 is 0 Å². The van der Waals surface area contributed by atoms with E-state index < -0.39 is 0 Å². The monoisotopic (exact) mass is 175 g/mol. The second kappa shape index (κ2) is 3.21. The van der Waals surface area contributed by atoms with E-state index in [2.05, 4.69) is 31.1 Å². The van der Waals surface area contributed by atoms with Crippen LogP contribution in [0, 0.1) is 6.92 Å². The number of aromatic nitrogens is 1. The van der Waals surface area contributed by atoms with E-state index in [1.165, 1.54) is 10.9 Å². The van der Waals surface area contributed by atoms with Crippen LogP contribution in [0.3, 0.4) is 0 Å². The SMILES string of the molecule is CCCc1onc2ccc(C)cc12. The third kappa shape index (κ3) is 1.44. The van der Waals surface area contributed by atoms with Gasteiger partial charge in [-0.05, 0) is 25.5 Å². The summed E-state index contributed by atoms with van der Waals surface area (Å²) in [6.45, 7) is 4.23. The number of benzene rings is 1. The lowest BCUT2D eigenvalue weighted by molar-refractivity contribution is 0.390. The molecule has 1 heterocycles. The molecule has 68 valence electrons. The van der Waals surface area contributed by atoms with E-state index in [1.54, 1.807) is 0 Å². The smallest absolute Gasteiger partial charge is 0.144 e. The van der Waals surface area contributed by atoms with E-state index in [4.69, 9.17) is 4.52 Å². The highest BCUT2D eigenvalue weighted by Gasteiger charge is 2.06. The van der Waals surface area contributed by atoms with E-state index in [0.717, 1.165) is 24.1 Å². The van der Waals surface area contributed by atoms with Crippen LogP contribution in [0.15, 0.2) is 22.7 Å². The maximum absolute atomic E-state index is 5.26. The molecule has 0 aliphatic carbocycles. The molecule has 2 nitrogen and oxygen atoms in total. The zero-order valence-corrected chi connectivity index (χ0v) is 8.00. The number of aryl methyl sites for hydroxylation is 2. The molecule has 0 bridgehead atoms. The Morgan fingerprint density at radius 2 is 2.23 bits per heavy atom. The van der Waals surface area contributed by atoms with Crippen LogP contribution < -0.4 is 0 Å². The largest absolute Gasteiger partial charge is 0.360 e. The Morgan fingerprint density at radius 1 is 1.38 bits per heavy atom. The second-order valence-electron chi connectivity index (χ2n) is 3.38. The molecule has 0 fully saturated rings. The van der Waals surface area contributed by atoms with Crippen molar-refractivity contribution in [3.05, 3.63) is 29.5 Å². The maximum Gasteiger partial charge on any atom is 0.144 e. The Morgan fingerprint density at radius 3 is 3.00 bits per heavy atom. The van der Waals surface area contributed by atoms with Crippen molar-refractivity contribution < 1.29 is 4.52 Å². The molecule has 0 atom stereocenters. The summed E-state index contributed by atoms with van der Waals surface area (Å²) in [6, 6.07) is 6.20. The number of hydrogen-bond donors (Lipinski definition) is 0. The van der Waals surface area contributed by atoms with Crippen molar-refractivity contribution in [2.75, 3.05) is 0 Å². The summed E-state index contributed by atoms with van der Waals surface area (Å²) in [6.07, 6.45) is 2.07. The molecule has 0 N–H and O–H groups in total. The summed E-state index contributed by atoms with van der Waals surface area (Å²) in [5.74, 6) is 1.02. The van der Waals surface area contributed by atoms with E-state index in [1.807, 2.05) is 6.07 Å². The van der Waals surface area contributed by atoms with E-state index in [0.29, 0.717) is 0 Å². The Hall–Kier alpha value is -1.31. The first kappa shape index (κ1) is 8.30. The van der Waals surface area contributed by atoms with Gasteiger partial charge in [0.1, 0.15) is 11.3 Å². The van der Waals surface area contributed by atoms with Gasteiger partial charge >= 0.3 is 0 Å². The second-order valence-corrected chi connectivity index (χ2v) is 3.38. The molecule has 0 unspecified atom stereocenters. The average molecular weight is 175 g/mol. The van der Waals surface area contributed by atoms with Crippen LogP contribution in [-0.2, 0) is 6.42 Å². The van der Waals surface area contributed by atoms with Crippen molar-refractivity contribution in [3.63, 3.8) is 0 Å². The van der Waals surface area contributed by atoms with Gasteiger partial charge in [0.15, 0.2) is 0 Å². The molecule has 0 aliphatic heterocycles. The Bertz CT molecular complexity index is 417. The quantitative estimate of drug-likeness (QED) is 0.701. The summed E-state index contributed by atoms with van der Waals surface area (Å²) >= 11 is 0. The molecule has 0 spiro atoms. The van der Waals surface area contributed by atoms with Gasteiger partial charge in [-0.1, -0.05) is 23.7 Å².